The predicted octanol–water partition coefficient (Wildman–Crippen LogP) is 9.01. The van der Waals surface area contributed by atoms with E-state index in [2.05, 4.69) is 91.5 Å². The minimum atomic E-state index is 0.634. The topological polar surface area (TPSA) is 18.5 Å². The maximum absolute atomic E-state index is 3.03. The van der Waals surface area contributed by atoms with E-state index in [0.717, 1.165) is 29.8 Å². The van der Waals surface area contributed by atoms with Gasteiger partial charge in [-0.25, -0.2) is 0 Å². The normalized spacial score (nSPS) is 27.2. The molecule has 3 fully saturated rings. The Labute approximate surface area is 229 Å². The van der Waals surface area contributed by atoms with Crippen LogP contribution in [-0.4, -0.2) is 61.2 Å². The summed E-state index contributed by atoms with van der Waals surface area (Å²) in [6.07, 6.45) is 18.9. The monoisotopic (exact) mass is 510 g/mol. The molecule has 3 nitrogen and oxygen atoms in total. The van der Waals surface area contributed by atoms with Gasteiger partial charge < -0.3 is 15.1 Å². The number of hydrogen-bond donors (Lipinski definition) is 1. The first-order valence-corrected chi connectivity index (χ1v) is 16.0. The number of hydrogen-bond acceptors (Lipinski definition) is 3. The van der Waals surface area contributed by atoms with Crippen LogP contribution in [0.1, 0.15) is 146 Å². The molecule has 1 N–H and O–H groups in total. The van der Waals surface area contributed by atoms with Crippen LogP contribution in [0.4, 0.5) is 0 Å². The van der Waals surface area contributed by atoms with Crippen molar-refractivity contribution < 1.29 is 0 Å². The average Bonchev–Trinajstić information content (AvgIpc) is 2.85. The number of nitrogens with zero attached hydrogens (tertiary/aromatic N) is 2. The fraction of sp³-hybridized carbons (Fsp3) is 1.00. The number of nitrogens with one attached hydrogen (secondary N) is 1. The van der Waals surface area contributed by atoms with Crippen LogP contribution in [0.2, 0.25) is 0 Å². The maximum Gasteiger partial charge on any atom is 0.0120 e. The first-order chi connectivity index (χ1) is 16.9. The van der Waals surface area contributed by atoms with Crippen LogP contribution < -0.4 is 5.32 Å². The molecule has 0 bridgehead atoms. The molecule has 0 aromatic carbocycles. The standard InChI is InChI=1S/2C11H23N.C7H14.C4H11N/c2*1-9(2)12(4)11-8-6-5-7-10(11)3;1-7-5-3-2-4-6-7;1-4(2)5-3/h2*9-11H,5-8H2,1-4H3;7H,2-6H2,1H3;4-5H,1-3H3. The van der Waals surface area contributed by atoms with Crippen LogP contribution in [0.3, 0.4) is 0 Å². The summed E-state index contributed by atoms with van der Waals surface area (Å²) in [5.41, 5.74) is 0. The molecule has 0 aliphatic heterocycles. The Balaban J connectivity index is 0.000000480. The summed E-state index contributed by atoms with van der Waals surface area (Å²) in [6.45, 7) is 20.6. The van der Waals surface area contributed by atoms with Crippen molar-refractivity contribution >= 4 is 0 Å². The van der Waals surface area contributed by atoms with Gasteiger partial charge in [0.1, 0.15) is 0 Å². The van der Waals surface area contributed by atoms with Gasteiger partial charge in [0.25, 0.3) is 0 Å². The Morgan fingerprint density at radius 2 is 0.833 bits per heavy atom. The van der Waals surface area contributed by atoms with Crippen molar-refractivity contribution in [2.45, 2.75) is 176 Å². The Bertz CT molecular complexity index is 451. The molecule has 4 atom stereocenters. The van der Waals surface area contributed by atoms with Crippen LogP contribution in [0.15, 0.2) is 0 Å². The molecule has 0 radical (unpaired) electrons. The van der Waals surface area contributed by atoms with E-state index in [1.165, 1.54) is 83.5 Å². The Kier molecular flexibility index (Phi) is 20.7. The van der Waals surface area contributed by atoms with Gasteiger partial charge in [0.05, 0.1) is 0 Å². The van der Waals surface area contributed by atoms with Gasteiger partial charge in [0.2, 0.25) is 0 Å². The lowest BCUT2D eigenvalue weighted by Crippen LogP contribution is -2.42. The summed E-state index contributed by atoms with van der Waals surface area (Å²) in [6, 6.07) is 3.73. The molecule has 0 spiro atoms. The van der Waals surface area contributed by atoms with Gasteiger partial charge in [-0.3, -0.25) is 0 Å². The van der Waals surface area contributed by atoms with Crippen LogP contribution in [0.25, 0.3) is 0 Å². The van der Waals surface area contributed by atoms with Crippen molar-refractivity contribution in [3.05, 3.63) is 0 Å². The molecule has 36 heavy (non-hydrogen) atoms. The predicted molar refractivity (Wildman–Crippen MR) is 165 cm³/mol. The van der Waals surface area contributed by atoms with E-state index in [1.807, 2.05) is 7.05 Å². The Morgan fingerprint density at radius 3 is 1.06 bits per heavy atom. The smallest absolute Gasteiger partial charge is 0.0120 e. The third-order valence-corrected chi connectivity index (χ3v) is 9.28. The van der Waals surface area contributed by atoms with Crippen LogP contribution in [-0.2, 0) is 0 Å². The van der Waals surface area contributed by atoms with E-state index in [0.29, 0.717) is 18.1 Å². The van der Waals surface area contributed by atoms with E-state index in [9.17, 15) is 0 Å². The molecule has 3 aliphatic carbocycles. The first-order valence-electron chi connectivity index (χ1n) is 16.0. The van der Waals surface area contributed by atoms with Gasteiger partial charge in [-0.15, -0.1) is 0 Å². The molecule has 3 rings (SSSR count). The van der Waals surface area contributed by atoms with Gasteiger partial charge >= 0.3 is 0 Å². The van der Waals surface area contributed by atoms with E-state index in [1.54, 1.807) is 0 Å². The van der Waals surface area contributed by atoms with Crippen LogP contribution in [0, 0.1) is 17.8 Å². The minimum Gasteiger partial charge on any atom is -0.318 e. The molecule has 3 saturated carbocycles. The van der Waals surface area contributed by atoms with Crippen molar-refractivity contribution in [2.75, 3.05) is 21.1 Å². The molecule has 3 heteroatoms. The van der Waals surface area contributed by atoms with E-state index >= 15 is 0 Å². The minimum absolute atomic E-state index is 0.634. The van der Waals surface area contributed by atoms with E-state index < -0.39 is 0 Å². The SMILES string of the molecule is CC1CCCCC1.CC1CCCCC1N(C)C(C)C.CC1CCCCC1N(C)C(C)C.CNC(C)C. The largest absolute Gasteiger partial charge is 0.318 e. The summed E-state index contributed by atoms with van der Waals surface area (Å²) < 4.78 is 0. The van der Waals surface area contributed by atoms with Crippen LogP contribution >= 0.6 is 0 Å². The molecule has 218 valence electrons. The second-order valence-electron chi connectivity index (χ2n) is 13.4. The van der Waals surface area contributed by atoms with Crippen molar-refractivity contribution in [3.63, 3.8) is 0 Å². The van der Waals surface area contributed by atoms with Crippen molar-refractivity contribution in [2.24, 2.45) is 17.8 Å². The second kappa shape index (κ2) is 20.8. The Morgan fingerprint density at radius 1 is 0.528 bits per heavy atom. The highest BCUT2D eigenvalue weighted by Gasteiger charge is 2.26. The Hall–Kier alpha value is -0.120. The zero-order chi connectivity index (χ0) is 27.7. The quantitative estimate of drug-likeness (QED) is 0.399. The van der Waals surface area contributed by atoms with Crippen molar-refractivity contribution in [1.82, 2.24) is 15.1 Å². The average molecular weight is 510 g/mol. The molecular formula is C33H71N3. The van der Waals surface area contributed by atoms with Crippen molar-refractivity contribution in [1.29, 1.82) is 0 Å². The number of rotatable bonds is 5. The third-order valence-electron chi connectivity index (χ3n) is 9.28. The van der Waals surface area contributed by atoms with Gasteiger partial charge in [-0.05, 0) is 92.3 Å². The molecule has 4 unspecified atom stereocenters. The fourth-order valence-corrected chi connectivity index (χ4v) is 5.88. The summed E-state index contributed by atoms with van der Waals surface area (Å²) in [7, 11) is 6.50. The molecule has 0 saturated heterocycles. The highest BCUT2D eigenvalue weighted by molar-refractivity contribution is 4.81. The van der Waals surface area contributed by atoms with E-state index in [-0.39, 0.29) is 0 Å². The summed E-state index contributed by atoms with van der Waals surface area (Å²) in [5, 5.41) is 3.03. The van der Waals surface area contributed by atoms with E-state index in [4.69, 9.17) is 0 Å². The lowest BCUT2D eigenvalue weighted by Gasteiger charge is -2.38. The molecule has 3 aliphatic rings. The third kappa shape index (κ3) is 16.0. The second-order valence-corrected chi connectivity index (χ2v) is 13.4. The van der Waals surface area contributed by atoms with Crippen molar-refractivity contribution in [3.8, 4) is 0 Å². The molecule has 0 amide bonds. The summed E-state index contributed by atoms with van der Waals surface area (Å²) in [4.78, 5) is 5.09. The van der Waals surface area contributed by atoms with Gasteiger partial charge in [-0.1, -0.05) is 92.4 Å². The van der Waals surface area contributed by atoms with Gasteiger partial charge in [0.15, 0.2) is 0 Å². The molecule has 0 aromatic rings. The lowest BCUT2D eigenvalue weighted by molar-refractivity contribution is 0.111. The fourth-order valence-electron chi connectivity index (χ4n) is 5.88. The lowest BCUT2D eigenvalue weighted by atomic mass is 9.84. The summed E-state index contributed by atoms with van der Waals surface area (Å²) >= 11 is 0. The van der Waals surface area contributed by atoms with Crippen LogP contribution in [0.5, 0.6) is 0 Å². The summed E-state index contributed by atoms with van der Waals surface area (Å²) in [5.74, 6) is 2.85. The highest BCUT2D eigenvalue weighted by atomic mass is 15.2. The van der Waals surface area contributed by atoms with Gasteiger partial charge in [0, 0.05) is 30.2 Å². The highest BCUT2D eigenvalue weighted by Crippen LogP contribution is 2.29. The zero-order valence-corrected chi connectivity index (χ0v) is 27.2. The first kappa shape index (κ1) is 35.9. The van der Waals surface area contributed by atoms with Gasteiger partial charge in [-0.2, -0.15) is 0 Å². The molecular weight excluding hydrogens is 438 g/mol. The molecule has 0 heterocycles. The molecule has 0 aromatic heterocycles. The maximum atomic E-state index is 3.03. The zero-order valence-electron chi connectivity index (χ0n) is 27.2.